The molecule has 0 saturated carbocycles. The first-order chi connectivity index (χ1) is 14.5. The lowest BCUT2D eigenvalue weighted by atomic mass is 10.1. The highest BCUT2D eigenvalue weighted by molar-refractivity contribution is 9.24. The number of carbonyl (C=O) groups excluding carboxylic acids is 1. The molecule has 3 aromatic rings. The summed E-state index contributed by atoms with van der Waals surface area (Å²) in [5, 5.41) is 0. The van der Waals surface area contributed by atoms with E-state index in [-0.39, 0.29) is 0 Å². The molecule has 0 fully saturated rings. The van der Waals surface area contributed by atoms with Crippen molar-refractivity contribution in [2.45, 2.75) is 3.42 Å². The average molecular weight is 936 g/mol. The second-order valence-electron chi connectivity index (χ2n) is 5.93. The number of halogens is 8. The van der Waals surface area contributed by atoms with Crippen molar-refractivity contribution in [1.82, 2.24) is 0 Å². The van der Waals surface area contributed by atoms with Crippen molar-refractivity contribution in [2.75, 3.05) is 0 Å². The third kappa shape index (κ3) is 6.26. The first kappa shape index (κ1) is 26.4. The SMILES string of the molecule is O=C(Oc1c(Br)cc(Br)cc1Br)c1ccccc1C(Br)(Br)Oc1ccc(Br)c(Br)c1Br. The molecule has 11 heteroatoms. The van der Waals surface area contributed by atoms with Crippen molar-refractivity contribution in [3.05, 3.63) is 86.5 Å². The zero-order chi connectivity index (χ0) is 22.9. The molecule has 0 heterocycles. The molecule has 0 saturated heterocycles. The van der Waals surface area contributed by atoms with Crippen LogP contribution < -0.4 is 9.47 Å². The van der Waals surface area contributed by atoms with Gasteiger partial charge in [-0.15, -0.1) is 0 Å². The highest BCUT2D eigenvalue weighted by Gasteiger charge is 2.34. The van der Waals surface area contributed by atoms with Crippen molar-refractivity contribution < 1.29 is 14.3 Å². The van der Waals surface area contributed by atoms with E-state index in [0.717, 1.165) is 13.4 Å². The second-order valence-corrected chi connectivity index (χ2v) is 14.3. The standard InChI is InChI=1S/C20H8Br8O3/c21-9-7-13(23)18(14(24)8-9)30-19(29)10-3-1-2-4-11(10)20(27,28)31-15-6-5-12(22)16(25)17(15)26/h1-8H. The summed E-state index contributed by atoms with van der Waals surface area (Å²) >= 11 is 27.9. The van der Waals surface area contributed by atoms with Crippen LogP contribution in [0.3, 0.4) is 0 Å². The number of hydrogen-bond donors (Lipinski definition) is 0. The molecule has 0 N–H and O–H groups in total. The maximum absolute atomic E-state index is 13.1. The van der Waals surface area contributed by atoms with Gasteiger partial charge in [0.25, 0.3) is 0 Å². The Labute approximate surface area is 246 Å². The highest BCUT2D eigenvalue weighted by Crippen LogP contribution is 2.46. The van der Waals surface area contributed by atoms with Crippen molar-refractivity contribution in [3.63, 3.8) is 0 Å². The molecule has 3 aromatic carbocycles. The molecule has 0 amide bonds. The Kier molecular flexibility index (Phi) is 9.37. The Morgan fingerprint density at radius 2 is 1.39 bits per heavy atom. The van der Waals surface area contributed by atoms with Gasteiger partial charge in [-0.05, 0) is 142 Å². The molecule has 0 spiro atoms. The van der Waals surface area contributed by atoms with Gasteiger partial charge in [-0.2, -0.15) is 0 Å². The minimum Gasteiger partial charge on any atom is -0.461 e. The summed E-state index contributed by atoms with van der Waals surface area (Å²) in [6, 6.07) is 14.3. The van der Waals surface area contributed by atoms with Crippen LogP contribution in [0.2, 0.25) is 0 Å². The number of rotatable bonds is 5. The van der Waals surface area contributed by atoms with Gasteiger partial charge in [0.05, 0.1) is 19.0 Å². The molecular weight excluding hydrogens is 927 g/mol. The normalized spacial score (nSPS) is 11.4. The molecule has 31 heavy (non-hydrogen) atoms. The van der Waals surface area contributed by atoms with Gasteiger partial charge in [-0.25, -0.2) is 4.79 Å². The fourth-order valence-electron chi connectivity index (χ4n) is 2.47. The monoisotopic (exact) mass is 927 g/mol. The van der Waals surface area contributed by atoms with E-state index in [9.17, 15) is 4.79 Å². The van der Waals surface area contributed by atoms with E-state index >= 15 is 0 Å². The van der Waals surface area contributed by atoms with Crippen molar-refractivity contribution in [3.8, 4) is 11.5 Å². The summed E-state index contributed by atoms with van der Waals surface area (Å²) in [5.41, 5.74) is 0.862. The lowest BCUT2D eigenvalue weighted by Crippen LogP contribution is -2.23. The minimum absolute atomic E-state index is 0.324. The summed E-state index contributed by atoms with van der Waals surface area (Å²) in [4.78, 5) is 13.1. The zero-order valence-corrected chi connectivity index (χ0v) is 27.6. The molecule has 3 nitrogen and oxygen atoms in total. The minimum atomic E-state index is -1.19. The lowest BCUT2D eigenvalue weighted by Gasteiger charge is -2.26. The molecule has 0 atom stereocenters. The van der Waals surface area contributed by atoms with Crippen LogP contribution in [0.25, 0.3) is 0 Å². The van der Waals surface area contributed by atoms with Crippen LogP contribution in [0.5, 0.6) is 11.5 Å². The number of benzene rings is 3. The highest BCUT2D eigenvalue weighted by atomic mass is 79.9. The van der Waals surface area contributed by atoms with Gasteiger partial charge in [0.15, 0.2) is 5.75 Å². The van der Waals surface area contributed by atoms with E-state index in [0.29, 0.717) is 36.0 Å². The Balaban J connectivity index is 1.96. The molecule has 0 aliphatic carbocycles. The second kappa shape index (κ2) is 11.0. The van der Waals surface area contributed by atoms with Gasteiger partial charge >= 0.3 is 5.97 Å². The van der Waals surface area contributed by atoms with Crippen LogP contribution >= 0.6 is 127 Å². The molecular formula is C20H8Br8O3. The van der Waals surface area contributed by atoms with Gasteiger partial charge < -0.3 is 9.47 Å². The molecule has 162 valence electrons. The summed E-state index contributed by atoms with van der Waals surface area (Å²) in [6.45, 7) is 0. The third-order valence-corrected chi connectivity index (χ3v) is 10.0. The first-order valence-electron chi connectivity index (χ1n) is 8.18. The molecule has 0 aliphatic heterocycles. The maximum Gasteiger partial charge on any atom is 0.344 e. The predicted molar refractivity (Wildman–Crippen MR) is 151 cm³/mol. The quantitative estimate of drug-likeness (QED) is 0.111. The Bertz CT molecular complexity index is 1140. The fraction of sp³-hybridized carbons (Fsp3) is 0.0500. The predicted octanol–water partition coefficient (Wildman–Crippen LogP) is 10.5. The first-order valence-corrected chi connectivity index (χ1v) is 14.5. The largest absolute Gasteiger partial charge is 0.461 e. The maximum atomic E-state index is 13.1. The van der Waals surface area contributed by atoms with Crippen LogP contribution in [-0.4, -0.2) is 5.97 Å². The number of carbonyl (C=O) groups is 1. The molecule has 0 radical (unpaired) electrons. The lowest BCUT2D eigenvalue weighted by molar-refractivity contribution is 0.0728. The summed E-state index contributed by atoms with van der Waals surface area (Å²) in [5.74, 6) is 0.380. The third-order valence-electron chi connectivity index (χ3n) is 3.86. The average Bonchev–Trinajstić information content (AvgIpc) is 2.71. The van der Waals surface area contributed by atoms with Crippen LogP contribution in [0.1, 0.15) is 15.9 Å². The van der Waals surface area contributed by atoms with Crippen molar-refractivity contribution in [1.29, 1.82) is 0 Å². The van der Waals surface area contributed by atoms with Gasteiger partial charge in [-0.1, -0.05) is 34.1 Å². The van der Waals surface area contributed by atoms with Crippen molar-refractivity contribution >= 4 is 133 Å². The molecule has 0 bridgehead atoms. The summed E-state index contributed by atoms with van der Waals surface area (Å²) in [7, 11) is 0. The van der Waals surface area contributed by atoms with Gasteiger partial charge in [-0.3, -0.25) is 0 Å². The van der Waals surface area contributed by atoms with E-state index in [1.165, 1.54) is 0 Å². The van der Waals surface area contributed by atoms with Crippen LogP contribution in [0, 0.1) is 0 Å². The van der Waals surface area contributed by atoms with E-state index in [1.54, 1.807) is 36.4 Å². The summed E-state index contributed by atoms with van der Waals surface area (Å²) < 4.78 is 15.1. The molecule has 0 aliphatic rings. The molecule has 3 rings (SSSR count). The van der Waals surface area contributed by atoms with Gasteiger partial charge in [0.2, 0.25) is 3.42 Å². The summed E-state index contributed by atoms with van der Waals surface area (Å²) in [6.07, 6.45) is 0. The van der Waals surface area contributed by atoms with E-state index in [2.05, 4.69) is 127 Å². The smallest absolute Gasteiger partial charge is 0.344 e. The Hall–Kier alpha value is 0.770. The van der Waals surface area contributed by atoms with Crippen LogP contribution in [0.4, 0.5) is 0 Å². The number of ether oxygens (including phenoxy) is 2. The van der Waals surface area contributed by atoms with Crippen LogP contribution in [0.15, 0.2) is 75.4 Å². The molecule has 0 aromatic heterocycles. The number of alkyl halides is 2. The van der Waals surface area contributed by atoms with E-state index in [1.807, 2.05) is 12.1 Å². The molecule has 0 unspecified atom stereocenters. The Morgan fingerprint density at radius 3 is 2.03 bits per heavy atom. The zero-order valence-electron chi connectivity index (χ0n) is 14.9. The Morgan fingerprint density at radius 1 is 0.774 bits per heavy atom. The van der Waals surface area contributed by atoms with Crippen LogP contribution in [-0.2, 0) is 3.42 Å². The topological polar surface area (TPSA) is 35.5 Å². The number of hydrogen-bond acceptors (Lipinski definition) is 3. The van der Waals surface area contributed by atoms with Crippen molar-refractivity contribution in [2.24, 2.45) is 0 Å². The van der Waals surface area contributed by atoms with Gasteiger partial charge in [0, 0.05) is 19.0 Å². The van der Waals surface area contributed by atoms with E-state index in [4.69, 9.17) is 9.47 Å². The van der Waals surface area contributed by atoms with Gasteiger partial charge in [0.1, 0.15) is 5.75 Å². The van der Waals surface area contributed by atoms with E-state index < -0.39 is 9.39 Å². The fourth-order valence-corrected chi connectivity index (χ4v) is 7.28. The number of esters is 1.